The number of nitrogens with zero attached hydrogens (tertiary/aromatic N) is 2. The largest absolute Gasteiger partial charge is 0.497 e. The smallest absolute Gasteiger partial charge is 0.257 e. The summed E-state index contributed by atoms with van der Waals surface area (Å²) < 4.78 is 5.40. The van der Waals surface area contributed by atoms with Crippen LogP contribution in [0.5, 0.6) is 5.75 Å². The predicted molar refractivity (Wildman–Crippen MR) is 154 cm³/mol. The van der Waals surface area contributed by atoms with E-state index in [0.29, 0.717) is 17.4 Å². The molecular weight excluding hydrogens is 474 g/mol. The molecule has 194 valence electrons. The summed E-state index contributed by atoms with van der Waals surface area (Å²) in [6.45, 7) is 7.60. The van der Waals surface area contributed by atoms with Crippen molar-refractivity contribution in [1.82, 2.24) is 14.9 Å². The fourth-order valence-corrected chi connectivity index (χ4v) is 5.49. The first kappa shape index (κ1) is 24.2. The molecular formula is C31H33N5O2. The number of imidazole rings is 1. The second-order valence-corrected chi connectivity index (χ2v) is 10.2. The fraction of sp³-hybridized carbons (Fsp3) is 0.290. The van der Waals surface area contributed by atoms with Crippen LogP contribution in [-0.2, 0) is 4.79 Å². The summed E-state index contributed by atoms with van der Waals surface area (Å²) in [6, 6.07) is 20.6. The molecule has 3 heterocycles. The SMILES string of the molecule is CCN1CCC(Nc2ccc3c(c2)C(=C(c2ccc(C)cc2)c2nc4cc(OC)ccc4[nH]2)C(=O)N3)CC1. The Morgan fingerprint density at radius 3 is 2.61 bits per heavy atom. The third-order valence-corrected chi connectivity index (χ3v) is 7.69. The Morgan fingerprint density at radius 1 is 1.08 bits per heavy atom. The zero-order valence-electron chi connectivity index (χ0n) is 22.1. The molecule has 7 nitrogen and oxygen atoms in total. The zero-order valence-corrected chi connectivity index (χ0v) is 22.1. The minimum absolute atomic E-state index is 0.123. The van der Waals surface area contributed by atoms with Gasteiger partial charge in [-0.25, -0.2) is 4.98 Å². The van der Waals surface area contributed by atoms with Gasteiger partial charge in [0.15, 0.2) is 0 Å². The lowest BCUT2D eigenvalue weighted by Gasteiger charge is -2.32. The molecule has 0 atom stereocenters. The Labute approximate surface area is 222 Å². The summed E-state index contributed by atoms with van der Waals surface area (Å²) in [6.07, 6.45) is 2.23. The highest BCUT2D eigenvalue weighted by Crippen LogP contribution is 2.41. The van der Waals surface area contributed by atoms with E-state index < -0.39 is 0 Å². The minimum atomic E-state index is -0.123. The third kappa shape index (κ3) is 4.54. The Bertz CT molecular complexity index is 1530. The zero-order chi connectivity index (χ0) is 26.2. The molecule has 0 unspecified atom stereocenters. The third-order valence-electron chi connectivity index (χ3n) is 7.69. The number of likely N-dealkylation sites (tertiary alicyclic amines) is 1. The number of benzene rings is 3. The Balaban J connectivity index is 1.45. The monoisotopic (exact) mass is 507 g/mol. The van der Waals surface area contributed by atoms with E-state index in [2.05, 4.69) is 70.8 Å². The summed E-state index contributed by atoms with van der Waals surface area (Å²) in [7, 11) is 1.65. The second kappa shape index (κ2) is 9.99. The van der Waals surface area contributed by atoms with Crippen LogP contribution in [-0.4, -0.2) is 53.6 Å². The van der Waals surface area contributed by atoms with Gasteiger partial charge in [0.1, 0.15) is 11.6 Å². The maximum absolute atomic E-state index is 13.5. The van der Waals surface area contributed by atoms with Crippen LogP contribution < -0.4 is 15.4 Å². The maximum atomic E-state index is 13.5. The van der Waals surface area contributed by atoms with Crippen LogP contribution in [0.15, 0.2) is 60.7 Å². The average Bonchev–Trinajstić information content (AvgIpc) is 3.50. The van der Waals surface area contributed by atoms with Gasteiger partial charge >= 0.3 is 0 Å². The molecule has 38 heavy (non-hydrogen) atoms. The van der Waals surface area contributed by atoms with Gasteiger partial charge in [-0.2, -0.15) is 0 Å². The molecule has 4 aromatic rings. The first-order valence-corrected chi connectivity index (χ1v) is 13.3. The number of aryl methyl sites for hydroxylation is 1. The number of carbonyl (C=O) groups excluding carboxylic acids is 1. The van der Waals surface area contributed by atoms with E-state index in [1.807, 2.05) is 24.3 Å². The van der Waals surface area contributed by atoms with Gasteiger partial charge in [0.05, 0.1) is 23.7 Å². The molecule has 1 aromatic heterocycles. The second-order valence-electron chi connectivity index (χ2n) is 10.2. The summed E-state index contributed by atoms with van der Waals surface area (Å²) in [5, 5.41) is 6.81. The van der Waals surface area contributed by atoms with Crippen LogP contribution >= 0.6 is 0 Å². The van der Waals surface area contributed by atoms with Gasteiger partial charge in [-0.05, 0) is 62.2 Å². The summed E-state index contributed by atoms with van der Waals surface area (Å²) in [5.74, 6) is 1.27. The molecule has 2 aliphatic heterocycles. The van der Waals surface area contributed by atoms with E-state index in [0.717, 1.165) is 82.9 Å². The van der Waals surface area contributed by atoms with Gasteiger partial charge in [0.2, 0.25) is 0 Å². The van der Waals surface area contributed by atoms with Crippen LogP contribution in [0.1, 0.15) is 42.3 Å². The number of aromatic nitrogens is 2. The van der Waals surface area contributed by atoms with Crippen LogP contribution in [0.2, 0.25) is 0 Å². The standard InChI is InChI=1S/C31H33N5O2/c1-4-36-15-13-21(14-16-36)32-22-9-11-25-24(17-22)29(31(37)35-25)28(20-7-5-19(2)6-8-20)30-33-26-12-10-23(38-3)18-27(26)34-30/h5-12,17-18,21,32H,4,13-16H2,1-3H3,(H,33,34)(H,35,37). The molecule has 3 N–H and O–H groups in total. The normalized spacial score (nSPS) is 17.4. The van der Waals surface area contributed by atoms with E-state index in [4.69, 9.17) is 9.72 Å². The van der Waals surface area contributed by atoms with Crippen LogP contribution in [0.3, 0.4) is 0 Å². The van der Waals surface area contributed by atoms with Crippen molar-refractivity contribution in [2.75, 3.05) is 37.4 Å². The first-order valence-electron chi connectivity index (χ1n) is 13.3. The number of rotatable bonds is 6. The number of H-pyrrole nitrogens is 1. The minimum Gasteiger partial charge on any atom is -0.497 e. The summed E-state index contributed by atoms with van der Waals surface area (Å²) >= 11 is 0. The fourth-order valence-electron chi connectivity index (χ4n) is 5.49. The van der Waals surface area contributed by atoms with E-state index in [1.54, 1.807) is 7.11 Å². The van der Waals surface area contributed by atoms with Crippen molar-refractivity contribution < 1.29 is 9.53 Å². The van der Waals surface area contributed by atoms with Crippen LogP contribution in [0.25, 0.3) is 22.2 Å². The molecule has 0 radical (unpaired) electrons. The number of fused-ring (bicyclic) bond motifs is 2. The number of ether oxygens (including phenoxy) is 1. The van der Waals surface area contributed by atoms with Crippen molar-refractivity contribution in [2.45, 2.75) is 32.7 Å². The van der Waals surface area contributed by atoms with Gasteiger partial charge in [-0.15, -0.1) is 0 Å². The number of hydrogen-bond donors (Lipinski definition) is 3. The molecule has 0 saturated carbocycles. The summed E-state index contributed by atoms with van der Waals surface area (Å²) in [5.41, 5.74) is 7.91. The molecule has 1 amide bonds. The number of methoxy groups -OCH3 is 1. The lowest BCUT2D eigenvalue weighted by atomic mass is 9.94. The van der Waals surface area contributed by atoms with E-state index in [1.165, 1.54) is 0 Å². The molecule has 0 spiro atoms. The van der Waals surface area contributed by atoms with Crippen molar-refractivity contribution in [3.05, 3.63) is 83.2 Å². The molecule has 3 aromatic carbocycles. The number of carbonyl (C=O) groups is 1. The number of aromatic amines is 1. The lowest BCUT2D eigenvalue weighted by molar-refractivity contribution is -0.110. The molecule has 0 bridgehead atoms. The molecule has 2 aliphatic rings. The van der Waals surface area contributed by atoms with Gasteiger partial charge in [-0.3, -0.25) is 4.79 Å². The highest BCUT2D eigenvalue weighted by atomic mass is 16.5. The van der Waals surface area contributed by atoms with Gasteiger partial charge < -0.3 is 25.3 Å². The van der Waals surface area contributed by atoms with Gasteiger partial charge in [-0.1, -0.05) is 36.8 Å². The number of hydrogen-bond acceptors (Lipinski definition) is 5. The maximum Gasteiger partial charge on any atom is 0.257 e. The van der Waals surface area contributed by atoms with Gasteiger partial charge in [0, 0.05) is 47.7 Å². The molecule has 0 aliphatic carbocycles. The molecule has 1 fully saturated rings. The van der Waals surface area contributed by atoms with Crippen molar-refractivity contribution in [1.29, 1.82) is 0 Å². The first-order chi connectivity index (χ1) is 18.5. The Hall–Kier alpha value is -4.10. The predicted octanol–water partition coefficient (Wildman–Crippen LogP) is 5.69. The Morgan fingerprint density at radius 2 is 1.87 bits per heavy atom. The van der Waals surface area contributed by atoms with Crippen molar-refractivity contribution in [3.8, 4) is 5.75 Å². The topological polar surface area (TPSA) is 82.3 Å². The van der Waals surface area contributed by atoms with Crippen LogP contribution in [0, 0.1) is 6.92 Å². The number of amides is 1. The van der Waals surface area contributed by atoms with E-state index in [-0.39, 0.29) is 5.91 Å². The highest BCUT2D eigenvalue weighted by Gasteiger charge is 2.31. The van der Waals surface area contributed by atoms with Crippen molar-refractivity contribution in [3.63, 3.8) is 0 Å². The van der Waals surface area contributed by atoms with E-state index >= 15 is 0 Å². The van der Waals surface area contributed by atoms with Crippen molar-refractivity contribution >= 4 is 39.5 Å². The van der Waals surface area contributed by atoms with Crippen molar-refractivity contribution in [2.24, 2.45) is 0 Å². The molecule has 7 heteroatoms. The van der Waals surface area contributed by atoms with E-state index in [9.17, 15) is 4.79 Å². The quantitative estimate of drug-likeness (QED) is 0.292. The number of piperidine rings is 1. The Kier molecular flexibility index (Phi) is 6.37. The summed E-state index contributed by atoms with van der Waals surface area (Å²) in [4.78, 5) is 24.4. The average molecular weight is 508 g/mol. The molecule has 6 rings (SSSR count). The highest BCUT2D eigenvalue weighted by molar-refractivity contribution is 6.38. The van der Waals surface area contributed by atoms with Gasteiger partial charge in [0.25, 0.3) is 5.91 Å². The van der Waals surface area contributed by atoms with Crippen LogP contribution in [0.4, 0.5) is 11.4 Å². The number of nitrogens with one attached hydrogen (secondary N) is 3. The molecule has 1 saturated heterocycles. The lowest BCUT2D eigenvalue weighted by Crippen LogP contribution is -2.38. The number of anilines is 2.